The quantitative estimate of drug-likeness (QED) is 0.852. The van der Waals surface area contributed by atoms with E-state index in [1.165, 1.54) is 6.92 Å². The number of fused-ring (bicyclic) bond motifs is 1. The molecule has 1 amide bonds. The first-order valence-corrected chi connectivity index (χ1v) is 8.76. The number of nitrogens with zero attached hydrogens (tertiary/aromatic N) is 1. The molecular formula is C21H24N2O3. The third-order valence-electron chi connectivity index (χ3n) is 4.35. The third kappa shape index (κ3) is 4.04. The average molecular weight is 352 g/mol. The van der Waals surface area contributed by atoms with Crippen LogP contribution >= 0.6 is 0 Å². The largest absolute Gasteiger partial charge is 0.487 e. The molecule has 26 heavy (non-hydrogen) atoms. The predicted octanol–water partition coefficient (Wildman–Crippen LogP) is 3.73. The number of ether oxygens (including phenoxy) is 1. The average Bonchev–Trinajstić information content (AvgIpc) is 2.53. The third-order valence-corrected chi connectivity index (χ3v) is 4.35. The zero-order valence-electron chi connectivity index (χ0n) is 15.6. The number of nitrogens with one attached hydrogen (secondary N) is 1. The van der Waals surface area contributed by atoms with E-state index in [0.717, 1.165) is 22.5 Å². The lowest BCUT2D eigenvalue weighted by atomic mass is 10.1. The second kappa shape index (κ2) is 7.20. The molecule has 1 N–H and O–H groups in total. The Morgan fingerprint density at radius 3 is 2.50 bits per heavy atom. The molecule has 2 aromatic carbocycles. The highest BCUT2D eigenvalue weighted by molar-refractivity contribution is 5.97. The zero-order valence-corrected chi connectivity index (χ0v) is 15.6. The smallest absolute Gasteiger partial charge is 0.243 e. The van der Waals surface area contributed by atoms with Crippen LogP contribution in [0.1, 0.15) is 35.3 Å². The Hall–Kier alpha value is -2.82. The molecule has 0 saturated heterocycles. The van der Waals surface area contributed by atoms with Gasteiger partial charge in [-0.25, -0.2) is 0 Å². The van der Waals surface area contributed by atoms with Crippen LogP contribution in [0, 0.1) is 13.8 Å². The number of rotatable bonds is 4. The molecule has 0 aliphatic carbocycles. The van der Waals surface area contributed by atoms with E-state index in [0.29, 0.717) is 17.9 Å². The number of Topliss-reactive ketones (excluding diaryl/α,β-unsaturated/α-hetero) is 1. The van der Waals surface area contributed by atoms with Crippen LogP contribution in [0.5, 0.6) is 5.75 Å². The van der Waals surface area contributed by atoms with E-state index in [-0.39, 0.29) is 24.3 Å². The van der Waals surface area contributed by atoms with Crippen LogP contribution in [0.3, 0.4) is 0 Å². The Kier molecular flexibility index (Phi) is 4.98. The Labute approximate surface area is 154 Å². The van der Waals surface area contributed by atoms with E-state index in [9.17, 15) is 9.59 Å². The van der Waals surface area contributed by atoms with Gasteiger partial charge >= 0.3 is 0 Å². The number of carbonyl (C=O) groups is 2. The van der Waals surface area contributed by atoms with Gasteiger partial charge in [-0.3, -0.25) is 9.59 Å². The summed E-state index contributed by atoms with van der Waals surface area (Å²) in [5.41, 5.74) is 4.41. The SMILES string of the molecule is CC(=O)c1ccc2c(c1)N(CC(=O)Nc1cc(C)cc(C)c1)CC(C)O2. The summed E-state index contributed by atoms with van der Waals surface area (Å²) in [5.74, 6) is 0.599. The molecule has 0 spiro atoms. The molecule has 1 unspecified atom stereocenters. The molecule has 0 aromatic heterocycles. The van der Waals surface area contributed by atoms with Gasteiger partial charge in [0.2, 0.25) is 5.91 Å². The minimum absolute atomic E-state index is 0.00828. The first kappa shape index (κ1) is 18.0. The Morgan fingerprint density at radius 2 is 1.85 bits per heavy atom. The van der Waals surface area contributed by atoms with Gasteiger partial charge in [-0.1, -0.05) is 6.07 Å². The van der Waals surface area contributed by atoms with Gasteiger partial charge in [0, 0.05) is 11.3 Å². The zero-order chi connectivity index (χ0) is 18.8. The Bertz CT molecular complexity index is 840. The van der Waals surface area contributed by atoms with E-state index in [1.807, 2.05) is 37.8 Å². The summed E-state index contributed by atoms with van der Waals surface area (Å²) in [7, 11) is 0. The van der Waals surface area contributed by atoms with Gasteiger partial charge in [0.1, 0.15) is 11.9 Å². The monoisotopic (exact) mass is 352 g/mol. The maximum atomic E-state index is 12.6. The lowest BCUT2D eigenvalue weighted by molar-refractivity contribution is -0.115. The molecule has 3 rings (SSSR count). The van der Waals surface area contributed by atoms with Crippen LogP contribution in [0.2, 0.25) is 0 Å². The number of ketones is 1. The van der Waals surface area contributed by atoms with Crippen molar-refractivity contribution in [3.8, 4) is 5.75 Å². The van der Waals surface area contributed by atoms with Crippen molar-refractivity contribution in [2.75, 3.05) is 23.3 Å². The highest BCUT2D eigenvalue weighted by atomic mass is 16.5. The van der Waals surface area contributed by atoms with Crippen LogP contribution < -0.4 is 15.0 Å². The van der Waals surface area contributed by atoms with Gasteiger partial charge < -0.3 is 15.0 Å². The van der Waals surface area contributed by atoms with E-state index in [2.05, 4.69) is 11.4 Å². The second-order valence-corrected chi connectivity index (χ2v) is 6.97. The molecule has 0 fully saturated rings. The van der Waals surface area contributed by atoms with Crippen LogP contribution in [0.4, 0.5) is 11.4 Å². The fraction of sp³-hybridized carbons (Fsp3) is 0.333. The van der Waals surface area contributed by atoms with Gasteiger partial charge in [-0.15, -0.1) is 0 Å². The summed E-state index contributed by atoms with van der Waals surface area (Å²) in [6, 6.07) is 11.3. The van der Waals surface area contributed by atoms with Crippen molar-refractivity contribution in [2.45, 2.75) is 33.8 Å². The Morgan fingerprint density at radius 1 is 1.15 bits per heavy atom. The molecule has 1 atom stereocenters. The molecule has 0 saturated carbocycles. The molecule has 2 aromatic rings. The predicted molar refractivity (Wildman–Crippen MR) is 103 cm³/mol. The summed E-state index contributed by atoms with van der Waals surface area (Å²) in [5, 5.41) is 2.97. The van der Waals surface area contributed by atoms with Crippen molar-refractivity contribution in [3.63, 3.8) is 0 Å². The van der Waals surface area contributed by atoms with Crippen molar-refractivity contribution in [3.05, 3.63) is 53.1 Å². The molecule has 1 aliphatic rings. The van der Waals surface area contributed by atoms with Crippen molar-refractivity contribution in [1.82, 2.24) is 0 Å². The molecule has 0 bridgehead atoms. The van der Waals surface area contributed by atoms with Crippen LogP contribution in [0.15, 0.2) is 36.4 Å². The summed E-state index contributed by atoms with van der Waals surface area (Å²) in [6.45, 7) is 8.31. The molecule has 136 valence electrons. The first-order valence-electron chi connectivity index (χ1n) is 8.76. The molecule has 0 radical (unpaired) electrons. The highest BCUT2D eigenvalue weighted by Crippen LogP contribution is 2.34. The first-order chi connectivity index (χ1) is 12.3. The lowest BCUT2D eigenvalue weighted by Crippen LogP contribution is -2.42. The molecule has 5 heteroatoms. The topological polar surface area (TPSA) is 58.6 Å². The lowest BCUT2D eigenvalue weighted by Gasteiger charge is -2.34. The van der Waals surface area contributed by atoms with Gasteiger partial charge in [0.15, 0.2) is 5.78 Å². The number of benzene rings is 2. The summed E-state index contributed by atoms with van der Waals surface area (Å²) < 4.78 is 5.84. The van der Waals surface area contributed by atoms with Gasteiger partial charge in [-0.05, 0) is 69.2 Å². The van der Waals surface area contributed by atoms with E-state index >= 15 is 0 Å². The van der Waals surface area contributed by atoms with E-state index in [4.69, 9.17) is 4.74 Å². The van der Waals surface area contributed by atoms with E-state index in [1.54, 1.807) is 18.2 Å². The molecular weight excluding hydrogens is 328 g/mol. The van der Waals surface area contributed by atoms with E-state index < -0.39 is 0 Å². The second-order valence-electron chi connectivity index (χ2n) is 6.97. The standard InChI is InChI=1S/C21H24N2O3/c1-13-7-14(2)9-18(8-13)22-21(25)12-23-11-15(3)26-20-6-5-17(16(4)24)10-19(20)23/h5-10,15H,11-12H2,1-4H3,(H,22,25). The number of amides is 1. The maximum Gasteiger partial charge on any atom is 0.243 e. The number of hydrogen-bond acceptors (Lipinski definition) is 4. The van der Waals surface area contributed by atoms with Crippen LogP contribution in [-0.2, 0) is 4.79 Å². The highest BCUT2D eigenvalue weighted by Gasteiger charge is 2.25. The van der Waals surface area contributed by atoms with Gasteiger partial charge in [-0.2, -0.15) is 0 Å². The summed E-state index contributed by atoms with van der Waals surface area (Å²) in [4.78, 5) is 26.2. The summed E-state index contributed by atoms with van der Waals surface area (Å²) in [6.07, 6.45) is -0.0281. The Balaban J connectivity index is 1.80. The van der Waals surface area contributed by atoms with Crippen molar-refractivity contribution in [1.29, 1.82) is 0 Å². The number of hydrogen-bond donors (Lipinski definition) is 1. The minimum Gasteiger partial charge on any atom is -0.487 e. The van der Waals surface area contributed by atoms with Crippen molar-refractivity contribution >= 4 is 23.1 Å². The number of anilines is 2. The van der Waals surface area contributed by atoms with Crippen molar-refractivity contribution in [2.24, 2.45) is 0 Å². The molecule has 5 nitrogen and oxygen atoms in total. The van der Waals surface area contributed by atoms with Gasteiger partial charge in [0.25, 0.3) is 0 Å². The number of aryl methyl sites for hydroxylation is 2. The fourth-order valence-electron chi connectivity index (χ4n) is 3.32. The molecule has 1 aliphatic heterocycles. The van der Waals surface area contributed by atoms with Crippen LogP contribution in [0.25, 0.3) is 0 Å². The fourth-order valence-corrected chi connectivity index (χ4v) is 3.32. The summed E-state index contributed by atoms with van der Waals surface area (Å²) >= 11 is 0. The number of carbonyl (C=O) groups excluding carboxylic acids is 2. The van der Waals surface area contributed by atoms with Gasteiger partial charge in [0.05, 0.1) is 18.8 Å². The van der Waals surface area contributed by atoms with Crippen LogP contribution in [-0.4, -0.2) is 30.9 Å². The minimum atomic E-state index is -0.0942. The normalized spacial score (nSPS) is 15.8. The molecule has 1 heterocycles. The maximum absolute atomic E-state index is 12.6. The van der Waals surface area contributed by atoms with Crippen molar-refractivity contribution < 1.29 is 14.3 Å².